The molecule has 1 aliphatic heterocycles. The second-order valence-electron chi connectivity index (χ2n) is 6.19. The van der Waals surface area contributed by atoms with E-state index >= 15 is 0 Å². The zero-order valence-electron chi connectivity index (χ0n) is 14.4. The number of hydrogen-bond acceptors (Lipinski definition) is 4. The maximum absolute atomic E-state index is 12.3. The first-order chi connectivity index (χ1) is 11.9. The molecule has 3 N–H and O–H groups in total. The Kier molecular flexibility index (Phi) is 4.61. The summed E-state index contributed by atoms with van der Waals surface area (Å²) in [7, 11) is 0. The lowest BCUT2D eigenvalue weighted by molar-refractivity contribution is -0.122. The summed E-state index contributed by atoms with van der Waals surface area (Å²) in [6, 6.07) is 12.5. The van der Waals surface area contributed by atoms with Gasteiger partial charge in [-0.25, -0.2) is 0 Å². The van der Waals surface area contributed by atoms with Crippen molar-refractivity contribution in [3.8, 4) is 5.75 Å². The van der Waals surface area contributed by atoms with Crippen LogP contribution in [0.25, 0.3) is 0 Å². The van der Waals surface area contributed by atoms with Gasteiger partial charge in [-0.1, -0.05) is 12.1 Å². The number of amides is 2. The monoisotopic (exact) mass is 339 g/mol. The van der Waals surface area contributed by atoms with Crippen LogP contribution in [0.3, 0.4) is 0 Å². The minimum Gasteiger partial charge on any atom is -0.479 e. The standard InChI is InChI=1S/C19H21N3O3/c1-11-5-4-6-14(9-11)21-18(23)12(2)20-15-7-8-17-16(10-15)22-19(24)13(3)25-17/h4-10,12-13,20H,1-3H3,(H,21,23)(H,22,24). The van der Waals surface area contributed by atoms with E-state index in [1.807, 2.05) is 37.3 Å². The van der Waals surface area contributed by atoms with Crippen molar-refractivity contribution in [2.45, 2.75) is 32.9 Å². The average Bonchev–Trinajstić information content (AvgIpc) is 2.56. The van der Waals surface area contributed by atoms with E-state index in [4.69, 9.17) is 4.74 Å². The minimum atomic E-state index is -0.509. The van der Waals surface area contributed by atoms with Gasteiger partial charge < -0.3 is 20.7 Å². The fourth-order valence-corrected chi connectivity index (χ4v) is 2.59. The van der Waals surface area contributed by atoms with Crippen molar-refractivity contribution in [3.63, 3.8) is 0 Å². The van der Waals surface area contributed by atoms with Crippen LogP contribution in [0.15, 0.2) is 42.5 Å². The van der Waals surface area contributed by atoms with Gasteiger partial charge in [0.2, 0.25) is 5.91 Å². The Morgan fingerprint density at radius 1 is 1.20 bits per heavy atom. The Morgan fingerprint density at radius 3 is 2.76 bits per heavy atom. The van der Waals surface area contributed by atoms with Gasteiger partial charge in [0.05, 0.1) is 5.69 Å². The molecule has 0 radical (unpaired) electrons. The molecule has 0 saturated heterocycles. The van der Waals surface area contributed by atoms with E-state index in [-0.39, 0.29) is 11.8 Å². The van der Waals surface area contributed by atoms with Gasteiger partial charge >= 0.3 is 0 Å². The topological polar surface area (TPSA) is 79.5 Å². The molecule has 2 aromatic rings. The van der Waals surface area contributed by atoms with Crippen LogP contribution in [0.1, 0.15) is 19.4 Å². The average molecular weight is 339 g/mol. The van der Waals surface area contributed by atoms with Crippen molar-refractivity contribution in [2.24, 2.45) is 0 Å². The largest absolute Gasteiger partial charge is 0.479 e. The molecule has 1 aliphatic rings. The highest BCUT2D eigenvalue weighted by atomic mass is 16.5. The molecule has 6 nitrogen and oxygen atoms in total. The molecule has 2 amide bonds. The highest BCUT2D eigenvalue weighted by Gasteiger charge is 2.24. The van der Waals surface area contributed by atoms with Crippen LogP contribution in [-0.4, -0.2) is 24.0 Å². The first-order valence-electron chi connectivity index (χ1n) is 8.18. The van der Waals surface area contributed by atoms with Crippen LogP contribution < -0.4 is 20.7 Å². The molecule has 3 rings (SSSR count). The molecule has 0 bridgehead atoms. The summed E-state index contributed by atoms with van der Waals surface area (Å²) in [6.07, 6.45) is -0.509. The lowest BCUT2D eigenvalue weighted by atomic mass is 10.2. The number of ether oxygens (including phenoxy) is 1. The predicted molar refractivity (Wildman–Crippen MR) is 98.1 cm³/mol. The van der Waals surface area contributed by atoms with Gasteiger partial charge in [0.25, 0.3) is 5.91 Å². The summed E-state index contributed by atoms with van der Waals surface area (Å²) < 4.78 is 5.52. The predicted octanol–water partition coefficient (Wildman–Crippen LogP) is 3.15. The second kappa shape index (κ2) is 6.84. The van der Waals surface area contributed by atoms with Crippen LogP contribution in [0.4, 0.5) is 17.1 Å². The van der Waals surface area contributed by atoms with Crippen LogP contribution in [-0.2, 0) is 9.59 Å². The van der Waals surface area contributed by atoms with Crippen LogP contribution in [0.5, 0.6) is 5.75 Å². The number of carbonyl (C=O) groups excluding carboxylic acids is 2. The van der Waals surface area contributed by atoms with E-state index in [1.165, 1.54) is 0 Å². The molecular formula is C19H21N3O3. The van der Waals surface area contributed by atoms with Crippen molar-refractivity contribution in [3.05, 3.63) is 48.0 Å². The summed E-state index contributed by atoms with van der Waals surface area (Å²) >= 11 is 0. The number of hydrogen-bond donors (Lipinski definition) is 3. The molecule has 6 heteroatoms. The summed E-state index contributed by atoms with van der Waals surface area (Å²) in [6.45, 7) is 5.45. The maximum Gasteiger partial charge on any atom is 0.265 e. The first-order valence-corrected chi connectivity index (χ1v) is 8.18. The zero-order chi connectivity index (χ0) is 18.0. The van der Waals surface area contributed by atoms with Crippen molar-refractivity contribution < 1.29 is 14.3 Å². The minimum absolute atomic E-state index is 0.141. The first kappa shape index (κ1) is 16.8. The van der Waals surface area contributed by atoms with Gasteiger partial charge in [-0.3, -0.25) is 9.59 Å². The van der Waals surface area contributed by atoms with E-state index in [9.17, 15) is 9.59 Å². The SMILES string of the molecule is Cc1cccc(NC(=O)C(C)Nc2ccc3c(c2)NC(=O)C(C)O3)c1. The van der Waals surface area contributed by atoms with Crippen LogP contribution in [0.2, 0.25) is 0 Å². The number of carbonyl (C=O) groups is 2. The molecular weight excluding hydrogens is 318 g/mol. The summed E-state index contributed by atoms with van der Waals surface area (Å²) in [4.78, 5) is 24.1. The molecule has 0 fully saturated rings. The molecule has 130 valence electrons. The van der Waals surface area contributed by atoms with Gasteiger partial charge in [0.15, 0.2) is 6.10 Å². The number of fused-ring (bicyclic) bond motifs is 1. The normalized spacial score (nSPS) is 16.9. The van der Waals surface area contributed by atoms with Crippen molar-refractivity contribution in [1.29, 1.82) is 0 Å². The molecule has 0 saturated carbocycles. The molecule has 2 atom stereocenters. The lowest BCUT2D eigenvalue weighted by Gasteiger charge is -2.24. The Balaban J connectivity index is 1.66. The van der Waals surface area contributed by atoms with Gasteiger partial charge in [0.1, 0.15) is 11.8 Å². The third-order valence-electron chi connectivity index (χ3n) is 3.97. The van der Waals surface area contributed by atoms with Gasteiger partial charge in [0, 0.05) is 11.4 Å². The van der Waals surface area contributed by atoms with Crippen molar-refractivity contribution in [2.75, 3.05) is 16.0 Å². The molecule has 25 heavy (non-hydrogen) atoms. The number of aryl methyl sites for hydroxylation is 1. The van der Waals surface area contributed by atoms with Crippen molar-refractivity contribution in [1.82, 2.24) is 0 Å². The molecule has 0 spiro atoms. The van der Waals surface area contributed by atoms with Crippen LogP contribution >= 0.6 is 0 Å². The highest BCUT2D eigenvalue weighted by molar-refractivity contribution is 5.99. The third-order valence-corrected chi connectivity index (χ3v) is 3.97. The van der Waals surface area contributed by atoms with Gasteiger partial charge in [-0.15, -0.1) is 0 Å². The molecule has 1 heterocycles. The summed E-state index contributed by atoms with van der Waals surface area (Å²) in [5.74, 6) is 0.293. The number of anilines is 3. The van der Waals surface area contributed by atoms with Gasteiger partial charge in [-0.2, -0.15) is 0 Å². The summed E-state index contributed by atoms with van der Waals surface area (Å²) in [5, 5.41) is 8.81. The Bertz CT molecular complexity index is 819. The molecule has 0 aliphatic carbocycles. The highest BCUT2D eigenvalue weighted by Crippen LogP contribution is 2.32. The molecule has 2 unspecified atom stereocenters. The lowest BCUT2D eigenvalue weighted by Crippen LogP contribution is -2.34. The quantitative estimate of drug-likeness (QED) is 0.799. The maximum atomic E-state index is 12.3. The van der Waals surface area contributed by atoms with E-state index in [2.05, 4.69) is 16.0 Å². The second-order valence-corrected chi connectivity index (χ2v) is 6.19. The number of nitrogens with one attached hydrogen (secondary N) is 3. The number of rotatable bonds is 4. The van der Waals surface area contributed by atoms with E-state index < -0.39 is 12.1 Å². The zero-order valence-corrected chi connectivity index (χ0v) is 14.4. The number of benzene rings is 2. The molecule has 0 aromatic heterocycles. The summed E-state index contributed by atoms with van der Waals surface area (Å²) in [5.41, 5.74) is 3.17. The van der Waals surface area contributed by atoms with E-state index in [1.54, 1.807) is 26.0 Å². The van der Waals surface area contributed by atoms with E-state index in [0.717, 1.165) is 16.9 Å². The molecule has 2 aromatic carbocycles. The Hall–Kier alpha value is -3.02. The van der Waals surface area contributed by atoms with Gasteiger partial charge in [-0.05, 0) is 56.7 Å². The van der Waals surface area contributed by atoms with Crippen molar-refractivity contribution >= 4 is 28.9 Å². The Labute approximate surface area is 146 Å². The fraction of sp³-hybridized carbons (Fsp3) is 0.263. The Morgan fingerprint density at radius 2 is 2.00 bits per heavy atom. The smallest absolute Gasteiger partial charge is 0.265 e. The van der Waals surface area contributed by atoms with E-state index in [0.29, 0.717) is 11.4 Å². The van der Waals surface area contributed by atoms with Crippen LogP contribution in [0, 0.1) is 6.92 Å². The third kappa shape index (κ3) is 3.91. The fourth-order valence-electron chi connectivity index (χ4n) is 2.59.